The van der Waals surface area contributed by atoms with E-state index in [1.807, 2.05) is 42.5 Å². The van der Waals surface area contributed by atoms with Crippen LogP contribution in [0.2, 0.25) is 0 Å². The summed E-state index contributed by atoms with van der Waals surface area (Å²) >= 11 is 0. The second-order valence-corrected chi connectivity index (χ2v) is 5.34. The number of methoxy groups -OCH3 is 1. The van der Waals surface area contributed by atoms with Crippen molar-refractivity contribution in [2.45, 2.75) is 0 Å². The van der Waals surface area contributed by atoms with Crippen molar-refractivity contribution in [2.24, 2.45) is 0 Å². The maximum atomic E-state index is 6.09. The van der Waals surface area contributed by atoms with Crippen LogP contribution in [-0.4, -0.2) is 13.9 Å². The molecule has 0 N–H and O–H groups in total. The Kier molecular flexibility index (Phi) is 2.42. The molecule has 0 bridgehead atoms. The number of fused-ring (bicyclic) bond motifs is 5. The van der Waals surface area contributed by atoms with Gasteiger partial charge in [0.1, 0.15) is 5.75 Å². The summed E-state index contributed by atoms with van der Waals surface area (Å²) < 4.78 is 28.2. The molecule has 3 aromatic rings. The average Bonchev–Trinajstić information content (AvgIpc) is 3.05. The predicted molar refractivity (Wildman–Crippen MR) is 83.2 cm³/mol. The van der Waals surface area contributed by atoms with Gasteiger partial charge in [0, 0.05) is 11.5 Å². The molecule has 114 valence electrons. The smallest absolute Gasteiger partial charge is 0.231 e. The Morgan fingerprint density at radius 3 is 2.48 bits per heavy atom. The van der Waals surface area contributed by atoms with Crippen LogP contribution in [0.1, 0.15) is 0 Å². The molecule has 0 amide bonds. The highest BCUT2D eigenvalue weighted by atomic mass is 16.7. The first-order chi connectivity index (χ1) is 11.3. The summed E-state index contributed by atoms with van der Waals surface area (Å²) in [4.78, 5) is 0. The fraction of sp³-hybridized carbons (Fsp3) is 0.111. The van der Waals surface area contributed by atoms with Crippen molar-refractivity contribution >= 4 is 10.8 Å². The predicted octanol–water partition coefficient (Wildman–Crippen LogP) is 4.48. The molecule has 5 rings (SSSR count). The molecule has 23 heavy (non-hydrogen) atoms. The molecule has 0 spiro atoms. The van der Waals surface area contributed by atoms with Gasteiger partial charge in [0.05, 0.1) is 7.11 Å². The molecule has 0 radical (unpaired) electrons. The van der Waals surface area contributed by atoms with Crippen LogP contribution in [0.25, 0.3) is 10.8 Å². The van der Waals surface area contributed by atoms with E-state index in [2.05, 4.69) is 0 Å². The minimum Gasteiger partial charge on any atom is -0.497 e. The van der Waals surface area contributed by atoms with Crippen molar-refractivity contribution in [3.05, 3.63) is 42.5 Å². The van der Waals surface area contributed by atoms with Crippen molar-refractivity contribution in [2.75, 3.05) is 13.9 Å². The minimum absolute atomic E-state index is 0.241. The van der Waals surface area contributed by atoms with Gasteiger partial charge in [0.25, 0.3) is 0 Å². The van der Waals surface area contributed by atoms with Crippen LogP contribution in [0.15, 0.2) is 42.5 Å². The normalized spacial score (nSPS) is 13.8. The molecule has 2 aliphatic heterocycles. The van der Waals surface area contributed by atoms with Gasteiger partial charge in [0.15, 0.2) is 34.5 Å². The van der Waals surface area contributed by atoms with Crippen LogP contribution in [0, 0.1) is 0 Å². The fourth-order valence-corrected chi connectivity index (χ4v) is 2.86. The molecule has 3 aromatic carbocycles. The maximum absolute atomic E-state index is 6.09. The van der Waals surface area contributed by atoms with Gasteiger partial charge >= 0.3 is 0 Å². The van der Waals surface area contributed by atoms with Crippen molar-refractivity contribution in [3.8, 4) is 40.2 Å². The first-order valence-electron chi connectivity index (χ1n) is 7.22. The largest absolute Gasteiger partial charge is 0.497 e. The van der Waals surface area contributed by atoms with E-state index >= 15 is 0 Å². The average molecular weight is 308 g/mol. The summed E-state index contributed by atoms with van der Waals surface area (Å²) in [6, 6.07) is 13.2. The number of rotatable bonds is 1. The van der Waals surface area contributed by atoms with Crippen molar-refractivity contribution in [1.29, 1.82) is 0 Å². The fourth-order valence-electron chi connectivity index (χ4n) is 2.86. The van der Waals surface area contributed by atoms with Gasteiger partial charge in [-0.05, 0) is 35.7 Å². The Labute approximate surface area is 131 Å². The summed E-state index contributed by atoms with van der Waals surface area (Å²) in [5, 5.41) is 1.92. The summed E-state index contributed by atoms with van der Waals surface area (Å²) in [7, 11) is 1.62. The molecule has 0 aromatic heterocycles. The van der Waals surface area contributed by atoms with Gasteiger partial charge in [-0.2, -0.15) is 0 Å². The zero-order valence-corrected chi connectivity index (χ0v) is 12.3. The highest BCUT2D eigenvalue weighted by molar-refractivity contribution is 5.94. The molecule has 0 unspecified atom stereocenters. The molecule has 0 atom stereocenters. The summed E-state index contributed by atoms with van der Waals surface area (Å²) in [5.41, 5.74) is 0. The third kappa shape index (κ3) is 1.80. The van der Waals surface area contributed by atoms with Crippen molar-refractivity contribution in [1.82, 2.24) is 0 Å². The second-order valence-electron chi connectivity index (χ2n) is 5.34. The van der Waals surface area contributed by atoms with E-state index in [0.717, 1.165) is 16.5 Å². The van der Waals surface area contributed by atoms with Crippen molar-refractivity contribution in [3.63, 3.8) is 0 Å². The maximum Gasteiger partial charge on any atom is 0.231 e. The zero-order valence-electron chi connectivity index (χ0n) is 12.3. The summed E-state index contributed by atoms with van der Waals surface area (Å²) in [5.74, 6) is 4.81. The third-order valence-electron chi connectivity index (χ3n) is 4.01. The molecule has 0 aliphatic carbocycles. The Bertz CT molecular complexity index is 948. The zero-order chi connectivity index (χ0) is 15.4. The molecular formula is C18H12O5. The van der Waals surface area contributed by atoms with E-state index in [1.54, 1.807) is 7.11 Å². The monoisotopic (exact) mass is 308 g/mol. The van der Waals surface area contributed by atoms with E-state index in [1.165, 1.54) is 0 Å². The lowest BCUT2D eigenvalue weighted by Crippen LogP contribution is -2.00. The lowest BCUT2D eigenvalue weighted by molar-refractivity contribution is 0.174. The molecule has 5 nitrogen and oxygen atoms in total. The summed E-state index contributed by atoms with van der Waals surface area (Å²) in [6.45, 7) is 0.241. The van der Waals surface area contributed by atoms with Crippen LogP contribution in [-0.2, 0) is 0 Å². The van der Waals surface area contributed by atoms with E-state index in [4.69, 9.17) is 23.7 Å². The SMILES string of the molecule is COc1ccc2c(c1)Oc1c(ccc3cc4c(cc13)OCO4)O2. The van der Waals surface area contributed by atoms with E-state index in [9.17, 15) is 0 Å². The third-order valence-corrected chi connectivity index (χ3v) is 4.01. The van der Waals surface area contributed by atoms with Crippen LogP contribution in [0.5, 0.6) is 40.2 Å². The Morgan fingerprint density at radius 2 is 1.61 bits per heavy atom. The Hall–Kier alpha value is -3.08. The molecule has 2 heterocycles. The number of ether oxygens (including phenoxy) is 5. The van der Waals surface area contributed by atoms with Gasteiger partial charge in [-0.3, -0.25) is 0 Å². The first-order valence-corrected chi connectivity index (χ1v) is 7.22. The number of hydrogen-bond acceptors (Lipinski definition) is 5. The van der Waals surface area contributed by atoms with Crippen LogP contribution >= 0.6 is 0 Å². The van der Waals surface area contributed by atoms with Crippen molar-refractivity contribution < 1.29 is 23.7 Å². The lowest BCUT2D eigenvalue weighted by Gasteiger charge is -2.22. The summed E-state index contributed by atoms with van der Waals surface area (Å²) in [6.07, 6.45) is 0. The van der Waals surface area contributed by atoms with Crippen LogP contribution in [0.3, 0.4) is 0 Å². The molecule has 5 heteroatoms. The molecule has 0 saturated carbocycles. The molecule has 0 saturated heterocycles. The number of hydrogen-bond donors (Lipinski definition) is 0. The van der Waals surface area contributed by atoms with Gasteiger partial charge in [-0.1, -0.05) is 6.07 Å². The van der Waals surface area contributed by atoms with Crippen LogP contribution in [0.4, 0.5) is 0 Å². The van der Waals surface area contributed by atoms with Gasteiger partial charge in [-0.25, -0.2) is 0 Å². The standard InChI is InChI=1S/C18H12O5/c1-19-11-3-5-13-17(7-11)23-18-12-8-16-15(20-9-21-16)6-10(12)2-4-14(18)22-13/h2-8H,9H2,1H3. The van der Waals surface area contributed by atoms with Gasteiger partial charge < -0.3 is 23.7 Å². The first kappa shape index (κ1) is 12.5. The van der Waals surface area contributed by atoms with E-state index in [0.29, 0.717) is 34.5 Å². The molecule has 2 aliphatic rings. The topological polar surface area (TPSA) is 46.2 Å². The van der Waals surface area contributed by atoms with E-state index in [-0.39, 0.29) is 6.79 Å². The second kappa shape index (κ2) is 4.46. The lowest BCUT2D eigenvalue weighted by atomic mass is 10.1. The minimum atomic E-state index is 0.241. The van der Waals surface area contributed by atoms with Crippen LogP contribution < -0.4 is 23.7 Å². The highest BCUT2D eigenvalue weighted by Gasteiger charge is 2.24. The Balaban J connectivity index is 1.69. The van der Waals surface area contributed by atoms with Gasteiger partial charge in [-0.15, -0.1) is 0 Å². The quantitative estimate of drug-likeness (QED) is 0.519. The highest BCUT2D eigenvalue weighted by Crippen LogP contribution is 2.51. The number of benzene rings is 3. The molecule has 0 fully saturated rings. The molecular weight excluding hydrogens is 296 g/mol. The van der Waals surface area contributed by atoms with E-state index < -0.39 is 0 Å². The Morgan fingerprint density at radius 1 is 0.783 bits per heavy atom. The van der Waals surface area contributed by atoms with Gasteiger partial charge in [0.2, 0.25) is 6.79 Å².